The number of rotatable bonds is 1. The molecular weight excluding hydrogens is 156 g/mol. The van der Waals surface area contributed by atoms with Crippen molar-refractivity contribution in [2.24, 2.45) is 5.92 Å². The second kappa shape index (κ2) is 3.44. The van der Waals surface area contributed by atoms with Crippen molar-refractivity contribution in [1.82, 2.24) is 0 Å². The molecule has 1 rings (SSSR count). The fraction of sp³-hybridized carbons (Fsp3) is 0.667. The Bertz CT molecular complexity index is 196. The van der Waals surface area contributed by atoms with Crippen LogP contribution in [0, 0.1) is 5.92 Å². The minimum atomic E-state index is 0.207. The van der Waals surface area contributed by atoms with E-state index in [0.717, 1.165) is 5.75 Å². The van der Waals surface area contributed by atoms with Gasteiger partial charge in [0.05, 0.1) is 5.25 Å². The summed E-state index contributed by atoms with van der Waals surface area (Å²) in [7, 11) is 0. The molecule has 0 spiro atoms. The lowest BCUT2D eigenvalue weighted by Crippen LogP contribution is -2.24. The third-order valence-electron chi connectivity index (χ3n) is 1.92. The van der Waals surface area contributed by atoms with Crippen molar-refractivity contribution in [3.8, 4) is 0 Å². The molecule has 0 radical (unpaired) electrons. The Kier molecular flexibility index (Phi) is 2.77. The lowest BCUT2D eigenvalue weighted by atomic mass is 10.0. The Morgan fingerprint density at radius 3 is 2.82 bits per heavy atom. The molecule has 0 aliphatic carbocycles. The Balaban J connectivity index is 2.68. The molecule has 1 heterocycles. The van der Waals surface area contributed by atoms with Gasteiger partial charge in [0.15, 0.2) is 0 Å². The number of thioether (sulfide) groups is 1. The largest absolute Gasteiger partial charge is 0.299 e. The third-order valence-corrected chi connectivity index (χ3v) is 3.66. The summed E-state index contributed by atoms with van der Waals surface area (Å²) in [6.45, 7) is 5.92. The van der Waals surface area contributed by atoms with Gasteiger partial charge >= 0.3 is 0 Å². The first-order chi connectivity index (χ1) is 5.11. The maximum absolute atomic E-state index is 11.1. The van der Waals surface area contributed by atoms with Crippen LogP contribution >= 0.6 is 11.8 Å². The van der Waals surface area contributed by atoms with E-state index in [1.807, 2.05) is 0 Å². The normalized spacial score (nSPS) is 31.4. The summed E-state index contributed by atoms with van der Waals surface area (Å²) in [6.07, 6.45) is 2.21. The zero-order valence-corrected chi connectivity index (χ0v) is 8.07. The van der Waals surface area contributed by atoms with E-state index in [1.54, 1.807) is 18.7 Å². The number of hydrogen-bond donors (Lipinski definition) is 0. The molecule has 0 aromatic heterocycles. The molecule has 0 fully saturated rings. The van der Waals surface area contributed by atoms with Crippen LogP contribution in [-0.4, -0.2) is 16.8 Å². The van der Waals surface area contributed by atoms with Crippen LogP contribution in [0.3, 0.4) is 0 Å². The van der Waals surface area contributed by atoms with Crippen molar-refractivity contribution in [3.63, 3.8) is 0 Å². The van der Waals surface area contributed by atoms with Gasteiger partial charge in [-0.3, -0.25) is 4.79 Å². The molecule has 0 aromatic rings. The number of Topliss-reactive ketones (excluding diaryl/α,β-unsaturated/α-hetero) is 1. The molecule has 0 bridgehead atoms. The van der Waals surface area contributed by atoms with E-state index in [-0.39, 0.29) is 5.25 Å². The molecule has 1 nitrogen and oxygen atoms in total. The summed E-state index contributed by atoms with van der Waals surface area (Å²) in [5, 5.41) is 0.207. The minimum absolute atomic E-state index is 0.207. The minimum Gasteiger partial charge on any atom is -0.299 e. The van der Waals surface area contributed by atoms with Crippen LogP contribution in [0.5, 0.6) is 0 Å². The van der Waals surface area contributed by atoms with E-state index in [0.29, 0.717) is 11.7 Å². The van der Waals surface area contributed by atoms with Gasteiger partial charge in [-0.05, 0) is 19.8 Å². The standard InChI is InChI=1S/C9H14OS/c1-6-4-7(2)9(8(3)10)11-5-6/h4,7,9H,5H2,1-3H3/t7-,9+/m1/s1. The fourth-order valence-corrected chi connectivity index (χ4v) is 2.60. The van der Waals surface area contributed by atoms with Crippen molar-refractivity contribution in [2.75, 3.05) is 5.75 Å². The number of ketones is 1. The van der Waals surface area contributed by atoms with Gasteiger partial charge in [0.1, 0.15) is 5.78 Å². The molecule has 0 amide bonds. The predicted molar refractivity (Wildman–Crippen MR) is 49.8 cm³/mol. The molecule has 0 saturated carbocycles. The topological polar surface area (TPSA) is 17.1 Å². The molecule has 0 aromatic carbocycles. The lowest BCUT2D eigenvalue weighted by Gasteiger charge is -2.23. The smallest absolute Gasteiger partial charge is 0.143 e. The SMILES string of the molecule is CC(=O)[C@H]1SCC(C)=C[C@H]1C. The highest BCUT2D eigenvalue weighted by Gasteiger charge is 2.23. The van der Waals surface area contributed by atoms with Crippen molar-refractivity contribution < 1.29 is 4.79 Å². The molecule has 2 atom stereocenters. The fourth-order valence-electron chi connectivity index (χ4n) is 1.44. The van der Waals surface area contributed by atoms with Gasteiger partial charge in [-0.15, -0.1) is 11.8 Å². The van der Waals surface area contributed by atoms with Gasteiger partial charge in [-0.2, -0.15) is 0 Å². The van der Waals surface area contributed by atoms with Crippen molar-refractivity contribution >= 4 is 17.5 Å². The lowest BCUT2D eigenvalue weighted by molar-refractivity contribution is -0.117. The van der Waals surface area contributed by atoms with Gasteiger partial charge in [0.2, 0.25) is 0 Å². The molecule has 1 aliphatic rings. The molecule has 1 aliphatic heterocycles. The molecule has 62 valence electrons. The highest BCUT2D eigenvalue weighted by atomic mass is 32.2. The summed E-state index contributed by atoms with van der Waals surface area (Å²) < 4.78 is 0. The molecule has 0 N–H and O–H groups in total. The van der Waals surface area contributed by atoms with E-state index in [1.165, 1.54) is 5.57 Å². The Labute approximate surface area is 72.2 Å². The van der Waals surface area contributed by atoms with Gasteiger partial charge in [-0.1, -0.05) is 18.6 Å². The average molecular weight is 170 g/mol. The first kappa shape index (κ1) is 8.85. The summed E-state index contributed by atoms with van der Waals surface area (Å²) in [6, 6.07) is 0. The van der Waals surface area contributed by atoms with E-state index in [2.05, 4.69) is 19.9 Å². The van der Waals surface area contributed by atoms with E-state index in [9.17, 15) is 4.79 Å². The summed E-state index contributed by atoms with van der Waals surface area (Å²) in [5.41, 5.74) is 1.40. The van der Waals surface area contributed by atoms with Crippen LogP contribution in [-0.2, 0) is 4.79 Å². The van der Waals surface area contributed by atoms with Gasteiger partial charge in [-0.25, -0.2) is 0 Å². The first-order valence-electron chi connectivity index (χ1n) is 3.90. The van der Waals surface area contributed by atoms with Gasteiger partial charge < -0.3 is 0 Å². The van der Waals surface area contributed by atoms with Crippen LogP contribution in [0.4, 0.5) is 0 Å². The van der Waals surface area contributed by atoms with Crippen LogP contribution in [0.25, 0.3) is 0 Å². The second-order valence-electron chi connectivity index (χ2n) is 3.21. The monoisotopic (exact) mass is 170 g/mol. The van der Waals surface area contributed by atoms with E-state index >= 15 is 0 Å². The highest BCUT2D eigenvalue weighted by Crippen LogP contribution is 2.29. The van der Waals surface area contributed by atoms with Gasteiger partial charge in [0, 0.05) is 5.75 Å². The summed E-state index contributed by atoms with van der Waals surface area (Å²) >= 11 is 1.77. The van der Waals surface area contributed by atoms with Crippen LogP contribution in [0.1, 0.15) is 20.8 Å². The van der Waals surface area contributed by atoms with Crippen LogP contribution in [0.2, 0.25) is 0 Å². The van der Waals surface area contributed by atoms with Crippen LogP contribution < -0.4 is 0 Å². The molecule has 0 unspecified atom stereocenters. The maximum atomic E-state index is 11.1. The molecule has 0 saturated heterocycles. The quantitative estimate of drug-likeness (QED) is 0.562. The number of hydrogen-bond acceptors (Lipinski definition) is 2. The van der Waals surface area contributed by atoms with Gasteiger partial charge in [0.25, 0.3) is 0 Å². The van der Waals surface area contributed by atoms with Crippen LogP contribution in [0.15, 0.2) is 11.6 Å². The average Bonchev–Trinajstić information content (AvgIpc) is 1.85. The zero-order chi connectivity index (χ0) is 8.43. The third kappa shape index (κ3) is 2.09. The summed E-state index contributed by atoms with van der Waals surface area (Å²) in [4.78, 5) is 11.1. The van der Waals surface area contributed by atoms with Crippen molar-refractivity contribution in [1.29, 1.82) is 0 Å². The zero-order valence-electron chi connectivity index (χ0n) is 7.26. The predicted octanol–water partition coefficient (Wildman–Crippen LogP) is 2.27. The van der Waals surface area contributed by atoms with E-state index < -0.39 is 0 Å². The molecule has 11 heavy (non-hydrogen) atoms. The number of carbonyl (C=O) groups excluding carboxylic acids is 1. The number of carbonyl (C=O) groups is 1. The maximum Gasteiger partial charge on any atom is 0.143 e. The molecular formula is C9H14OS. The second-order valence-corrected chi connectivity index (χ2v) is 4.34. The van der Waals surface area contributed by atoms with Crippen molar-refractivity contribution in [2.45, 2.75) is 26.0 Å². The molecule has 2 heteroatoms. The summed E-state index contributed by atoms with van der Waals surface area (Å²) in [5.74, 6) is 1.76. The first-order valence-corrected chi connectivity index (χ1v) is 4.95. The highest BCUT2D eigenvalue weighted by molar-refractivity contribution is 8.00. The Morgan fingerprint density at radius 2 is 2.36 bits per heavy atom. The number of allylic oxidation sites excluding steroid dienone is 1. The van der Waals surface area contributed by atoms with Crippen molar-refractivity contribution in [3.05, 3.63) is 11.6 Å². The Hall–Kier alpha value is -0.240. The van der Waals surface area contributed by atoms with E-state index in [4.69, 9.17) is 0 Å². The Morgan fingerprint density at radius 1 is 1.73 bits per heavy atom.